The Balaban J connectivity index is 2.59. The Kier molecular flexibility index (Phi) is 4.23. The lowest BCUT2D eigenvalue weighted by molar-refractivity contribution is -0.385. The first-order chi connectivity index (χ1) is 9.90. The summed E-state index contributed by atoms with van der Waals surface area (Å²) in [7, 11) is 0. The van der Waals surface area contributed by atoms with Gasteiger partial charge in [0.1, 0.15) is 11.3 Å². The Morgan fingerprint density at radius 3 is 2.67 bits per heavy atom. The second-order valence-corrected chi connectivity index (χ2v) is 5.14. The van der Waals surface area contributed by atoms with Gasteiger partial charge in [0, 0.05) is 10.5 Å². The number of hydrogen-bond acceptors (Lipinski definition) is 4. The minimum absolute atomic E-state index is 0.261. The highest BCUT2D eigenvalue weighted by atomic mass is 79.9. The Morgan fingerprint density at radius 1 is 1.33 bits per heavy atom. The second kappa shape index (κ2) is 5.92. The molecule has 0 amide bonds. The van der Waals surface area contributed by atoms with E-state index in [0.29, 0.717) is 5.75 Å². The van der Waals surface area contributed by atoms with Gasteiger partial charge < -0.3 is 9.84 Å². The third-order valence-electron chi connectivity index (χ3n) is 2.78. The fraction of sp³-hybridized carbons (Fsp3) is 0.0714. The number of rotatable bonds is 4. The number of carbonyl (C=O) groups is 1. The number of aromatic carboxylic acids is 1. The van der Waals surface area contributed by atoms with Crippen LogP contribution in [0.5, 0.6) is 11.5 Å². The minimum atomic E-state index is -1.29. The highest BCUT2D eigenvalue weighted by molar-refractivity contribution is 9.10. The van der Waals surface area contributed by atoms with E-state index >= 15 is 0 Å². The Bertz CT molecular complexity index is 697. The van der Waals surface area contributed by atoms with Crippen LogP contribution in [0.2, 0.25) is 0 Å². The van der Waals surface area contributed by atoms with Crippen molar-refractivity contribution in [3.63, 3.8) is 0 Å². The molecule has 0 aliphatic heterocycles. The van der Waals surface area contributed by atoms with Gasteiger partial charge in [0.05, 0.1) is 4.92 Å². The molecule has 21 heavy (non-hydrogen) atoms. The number of nitrogens with zero attached hydrogens (tertiary/aromatic N) is 1. The predicted molar refractivity (Wildman–Crippen MR) is 79.0 cm³/mol. The van der Waals surface area contributed by atoms with Gasteiger partial charge in [0.2, 0.25) is 5.75 Å². The highest BCUT2D eigenvalue weighted by Crippen LogP contribution is 2.36. The summed E-state index contributed by atoms with van der Waals surface area (Å²) in [5, 5.41) is 20.2. The minimum Gasteiger partial charge on any atom is -0.478 e. The van der Waals surface area contributed by atoms with Crippen LogP contribution in [-0.4, -0.2) is 16.0 Å². The van der Waals surface area contributed by atoms with Crippen LogP contribution in [0.1, 0.15) is 15.9 Å². The topological polar surface area (TPSA) is 89.7 Å². The number of benzene rings is 2. The van der Waals surface area contributed by atoms with Gasteiger partial charge in [-0.25, -0.2) is 4.79 Å². The number of nitro benzene ring substituents is 1. The van der Waals surface area contributed by atoms with Crippen LogP contribution in [-0.2, 0) is 0 Å². The van der Waals surface area contributed by atoms with Gasteiger partial charge >= 0.3 is 11.7 Å². The molecule has 7 heteroatoms. The summed E-state index contributed by atoms with van der Waals surface area (Å²) >= 11 is 3.27. The van der Waals surface area contributed by atoms with Crippen LogP contribution in [0.15, 0.2) is 40.9 Å². The SMILES string of the molecule is Cc1ccc(Br)cc1Oc1c(C(=O)O)cccc1[N+](=O)[O-]. The van der Waals surface area contributed by atoms with Crippen LogP contribution >= 0.6 is 15.9 Å². The van der Waals surface area contributed by atoms with Gasteiger partial charge in [-0.1, -0.05) is 28.1 Å². The van der Waals surface area contributed by atoms with Gasteiger partial charge in [-0.3, -0.25) is 10.1 Å². The molecule has 0 atom stereocenters. The zero-order valence-electron chi connectivity index (χ0n) is 10.9. The number of halogens is 1. The lowest BCUT2D eigenvalue weighted by atomic mass is 10.1. The summed E-state index contributed by atoms with van der Waals surface area (Å²) < 4.78 is 6.24. The van der Waals surface area contributed by atoms with E-state index < -0.39 is 16.6 Å². The number of carboxylic acid groups (broad SMARTS) is 1. The molecule has 0 saturated carbocycles. The van der Waals surface area contributed by atoms with Crippen molar-refractivity contribution in [1.82, 2.24) is 0 Å². The van der Waals surface area contributed by atoms with Crippen LogP contribution in [0.4, 0.5) is 5.69 Å². The van der Waals surface area contributed by atoms with Crippen molar-refractivity contribution in [1.29, 1.82) is 0 Å². The maximum atomic E-state index is 11.2. The molecule has 0 saturated heterocycles. The molecular weight excluding hydrogens is 342 g/mol. The van der Waals surface area contributed by atoms with Gasteiger partial charge in [0.15, 0.2) is 0 Å². The van der Waals surface area contributed by atoms with Crippen molar-refractivity contribution in [2.24, 2.45) is 0 Å². The number of carboxylic acids is 1. The summed E-state index contributed by atoms with van der Waals surface area (Å²) in [5.74, 6) is -1.22. The molecule has 0 aliphatic rings. The van der Waals surface area contributed by atoms with Crippen molar-refractivity contribution < 1.29 is 19.6 Å². The number of hydrogen-bond donors (Lipinski definition) is 1. The van der Waals surface area contributed by atoms with Gasteiger partial charge in [-0.05, 0) is 30.7 Å². The molecule has 0 aliphatic carbocycles. The van der Waals surface area contributed by atoms with Crippen LogP contribution in [0.25, 0.3) is 0 Å². The van der Waals surface area contributed by atoms with Crippen molar-refractivity contribution in [2.75, 3.05) is 0 Å². The van der Waals surface area contributed by atoms with E-state index in [-0.39, 0.29) is 11.3 Å². The first-order valence-corrected chi connectivity index (χ1v) is 6.64. The molecule has 0 fully saturated rings. The van der Waals surface area contributed by atoms with Gasteiger partial charge in [0.25, 0.3) is 0 Å². The zero-order valence-corrected chi connectivity index (χ0v) is 12.5. The molecule has 108 valence electrons. The maximum Gasteiger partial charge on any atom is 0.339 e. The summed E-state index contributed by atoms with van der Waals surface area (Å²) in [6, 6.07) is 8.95. The predicted octanol–water partition coefficient (Wildman–Crippen LogP) is 4.16. The van der Waals surface area contributed by atoms with E-state index in [0.717, 1.165) is 10.0 Å². The first kappa shape index (κ1) is 15.0. The molecule has 2 aromatic rings. The molecule has 0 heterocycles. The lowest BCUT2D eigenvalue weighted by Crippen LogP contribution is -2.03. The average molecular weight is 352 g/mol. The maximum absolute atomic E-state index is 11.2. The van der Waals surface area contributed by atoms with Crippen molar-refractivity contribution in [2.45, 2.75) is 6.92 Å². The molecular formula is C14H10BrNO5. The standard InChI is InChI=1S/C14H10BrNO5/c1-8-5-6-9(15)7-12(8)21-13-10(14(17)18)3-2-4-11(13)16(19)20/h2-7H,1H3,(H,17,18). The zero-order chi connectivity index (χ0) is 15.6. The molecule has 0 spiro atoms. The Labute approximate surface area is 128 Å². The van der Waals surface area contributed by atoms with E-state index in [1.54, 1.807) is 25.1 Å². The molecule has 6 nitrogen and oxygen atoms in total. The molecule has 2 rings (SSSR count). The van der Waals surface area contributed by atoms with E-state index in [4.69, 9.17) is 9.84 Å². The van der Waals surface area contributed by atoms with Crippen LogP contribution < -0.4 is 4.74 Å². The number of para-hydroxylation sites is 1. The summed E-state index contributed by atoms with van der Waals surface area (Å²) in [6.45, 7) is 1.76. The van der Waals surface area contributed by atoms with Gasteiger partial charge in [-0.2, -0.15) is 0 Å². The summed E-state index contributed by atoms with van der Waals surface area (Å²) in [4.78, 5) is 21.6. The smallest absolute Gasteiger partial charge is 0.339 e. The summed E-state index contributed by atoms with van der Waals surface area (Å²) in [6.07, 6.45) is 0. The average Bonchev–Trinajstić information content (AvgIpc) is 2.42. The number of nitro groups is 1. The third-order valence-corrected chi connectivity index (χ3v) is 3.28. The Hall–Kier alpha value is -2.41. The second-order valence-electron chi connectivity index (χ2n) is 4.23. The van der Waals surface area contributed by atoms with E-state index in [1.165, 1.54) is 18.2 Å². The van der Waals surface area contributed by atoms with Gasteiger partial charge in [-0.15, -0.1) is 0 Å². The lowest BCUT2D eigenvalue weighted by Gasteiger charge is -2.11. The fourth-order valence-electron chi connectivity index (χ4n) is 1.74. The largest absolute Gasteiger partial charge is 0.478 e. The molecule has 1 N–H and O–H groups in total. The van der Waals surface area contributed by atoms with Crippen molar-refractivity contribution in [3.8, 4) is 11.5 Å². The fourth-order valence-corrected chi connectivity index (χ4v) is 2.08. The Morgan fingerprint density at radius 2 is 2.05 bits per heavy atom. The van der Waals surface area contributed by atoms with Crippen LogP contribution in [0, 0.1) is 17.0 Å². The molecule has 0 aromatic heterocycles. The molecule has 0 radical (unpaired) electrons. The van der Waals surface area contributed by atoms with E-state index in [1.807, 2.05) is 0 Å². The first-order valence-electron chi connectivity index (χ1n) is 5.85. The monoisotopic (exact) mass is 351 g/mol. The number of ether oxygens (including phenoxy) is 1. The van der Waals surface area contributed by atoms with E-state index in [2.05, 4.69) is 15.9 Å². The van der Waals surface area contributed by atoms with Crippen molar-refractivity contribution >= 4 is 27.6 Å². The molecule has 2 aromatic carbocycles. The summed E-state index contributed by atoms with van der Waals surface area (Å²) in [5.41, 5.74) is 0.0746. The highest BCUT2D eigenvalue weighted by Gasteiger charge is 2.24. The van der Waals surface area contributed by atoms with Crippen LogP contribution in [0.3, 0.4) is 0 Å². The van der Waals surface area contributed by atoms with Crippen molar-refractivity contribution in [3.05, 3.63) is 62.1 Å². The third kappa shape index (κ3) is 3.19. The molecule has 0 unspecified atom stereocenters. The molecule has 0 bridgehead atoms. The quantitative estimate of drug-likeness (QED) is 0.659. The normalized spacial score (nSPS) is 10.2. The van der Waals surface area contributed by atoms with E-state index in [9.17, 15) is 14.9 Å². The number of aryl methyl sites for hydroxylation is 1.